The van der Waals surface area contributed by atoms with Crippen LogP contribution in [0.4, 0.5) is 0 Å². The molecular formula is C22H19ClN2. The smallest absolute Gasteiger partial charge is 0.136 e. The number of pyridine rings is 2. The third-order valence-electron chi connectivity index (χ3n) is 4.69. The Morgan fingerprint density at radius 3 is 2.60 bits per heavy atom. The zero-order chi connectivity index (χ0) is 17.1. The van der Waals surface area contributed by atoms with E-state index in [1.165, 1.54) is 42.4 Å². The Morgan fingerprint density at radius 2 is 1.76 bits per heavy atom. The monoisotopic (exact) mass is 346 g/mol. The van der Waals surface area contributed by atoms with Crippen LogP contribution in [0, 0.1) is 0 Å². The van der Waals surface area contributed by atoms with Crippen molar-refractivity contribution in [3.05, 3.63) is 82.4 Å². The summed E-state index contributed by atoms with van der Waals surface area (Å²) in [6, 6.07) is 12.8. The van der Waals surface area contributed by atoms with Crippen molar-refractivity contribution in [2.45, 2.75) is 25.7 Å². The number of hydrogen-bond acceptors (Lipinski definition) is 2. The van der Waals surface area contributed by atoms with E-state index >= 15 is 0 Å². The van der Waals surface area contributed by atoms with E-state index in [9.17, 15) is 0 Å². The van der Waals surface area contributed by atoms with Crippen LogP contribution in [0.5, 0.6) is 0 Å². The molecule has 2 heterocycles. The highest BCUT2D eigenvalue weighted by Gasteiger charge is 2.09. The molecule has 0 unspecified atom stereocenters. The Hall–Kier alpha value is -2.45. The molecule has 0 spiro atoms. The Kier molecular flexibility index (Phi) is 4.62. The summed E-state index contributed by atoms with van der Waals surface area (Å²) in [5.74, 6) is 0. The summed E-state index contributed by atoms with van der Waals surface area (Å²) in [7, 11) is 0. The fourth-order valence-corrected chi connectivity index (χ4v) is 3.48. The summed E-state index contributed by atoms with van der Waals surface area (Å²) >= 11 is 6.29. The van der Waals surface area contributed by atoms with Crippen molar-refractivity contribution in [2.75, 3.05) is 0 Å². The van der Waals surface area contributed by atoms with Crippen molar-refractivity contribution < 1.29 is 0 Å². The Morgan fingerprint density at radius 1 is 0.880 bits per heavy atom. The lowest BCUT2D eigenvalue weighted by atomic mass is 9.90. The molecule has 1 aliphatic rings. The highest BCUT2D eigenvalue weighted by atomic mass is 35.5. The summed E-state index contributed by atoms with van der Waals surface area (Å²) in [6.07, 6.45) is 14.6. The fourth-order valence-electron chi connectivity index (χ4n) is 3.32. The van der Waals surface area contributed by atoms with Gasteiger partial charge in [-0.2, -0.15) is 0 Å². The molecule has 0 fully saturated rings. The van der Waals surface area contributed by atoms with E-state index in [1.54, 1.807) is 12.4 Å². The number of fused-ring (bicyclic) bond motifs is 1. The molecule has 2 aromatic heterocycles. The molecule has 0 radical (unpaired) electrons. The molecule has 0 bridgehead atoms. The quantitative estimate of drug-likeness (QED) is 0.556. The van der Waals surface area contributed by atoms with Crippen molar-refractivity contribution >= 4 is 23.8 Å². The van der Waals surface area contributed by atoms with Gasteiger partial charge in [0.25, 0.3) is 0 Å². The molecule has 4 rings (SSSR count). The first kappa shape index (κ1) is 16.0. The second-order valence-electron chi connectivity index (χ2n) is 6.41. The van der Waals surface area contributed by atoms with Crippen LogP contribution in [0.2, 0.25) is 5.15 Å². The Labute approximate surface area is 153 Å². The summed E-state index contributed by atoms with van der Waals surface area (Å²) < 4.78 is 0. The number of halogens is 1. The maximum Gasteiger partial charge on any atom is 0.136 e. The maximum atomic E-state index is 6.29. The van der Waals surface area contributed by atoms with E-state index in [4.69, 9.17) is 11.6 Å². The van der Waals surface area contributed by atoms with Crippen molar-refractivity contribution in [2.24, 2.45) is 0 Å². The number of aromatic nitrogens is 2. The summed E-state index contributed by atoms with van der Waals surface area (Å²) in [4.78, 5) is 8.49. The van der Waals surface area contributed by atoms with Gasteiger partial charge in [-0.25, -0.2) is 4.98 Å². The predicted molar refractivity (Wildman–Crippen MR) is 104 cm³/mol. The van der Waals surface area contributed by atoms with Crippen LogP contribution in [-0.2, 0) is 12.8 Å². The first-order valence-electron chi connectivity index (χ1n) is 8.65. The summed E-state index contributed by atoms with van der Waals surface area (Å²) in [5.41, 5.74) is 7.17. The Balaban J connectivity index is 1.63. The van der Waals surface area contributed by atoms with E-state index < -0.39 is 0 Å². The van der Waals surface area contributed by atoms with E-state index in [-0.39, 0.29) is 0 Å². The third kappa shape index (κ3) is 3.64. The van der Waals surface area contributed by atoms with Gasteiger partial charge in [0.05, 0.1) is 0 Å². The molecule has 1 aliphatic carbocycles. The third-order valence-corrected chi connectivity index (χ3v) is 5.00. The standard InChI is InChI=1S/C22H19ClN2/c23-22-19(13-21(15-25-22)20-6-3-11-24-14-20)10-8-16-7-9-17-4-1-2-5-18(17)12-16/h3,6-15H,1-2,4-5H2/b10-8+. The highest BCUT2D eigenvalue weighted by molar-refractivity contribution is 6.31. The van der Waals surface area contributed by atoms with Crippen LogP contribution in [0.15, 0.2) is 55.0 Å². The van der Waals surface area contributed by atoms with Crippen LogP contribution in [0.25, 0.3) is 23.3 Å². The first-order valence-corrected chi connectivity index (χ1v) is 9.03. The maximum absolute atomic E-state index is 6.29. The van der Waals surface area contributed by atoms with Gasteiger partial charge in [0.15, 0.2) is 0 Å². The minimum Gasteiger partial charge on any atom is -0.264 e. The fraction of sp³-hybridized carbons (Fsp3) is 0.182. The van der Waals surface area contributed by atoms with Crippen molar-refractivity contribution in [3.63, 3.8) is 0 Å². The first-order chi connectivity index (χ1) is 12.3. The number of aryl methyl sites for hydroxylation is 2. The van der Waals surface area contributed by atoms with Crippen molar-refractivity contribution in [3.8, 4) is 11.1 Å². The molecule has 2 nitrogen and oxygen atoms in total. The van der Waals surface area contributed by atoms with Gasteiger partial charge in [-0.3, -0.25) is 4.98 Å². The predicted octanol–water partition coefficient (Wildman–Crippen LogP) is 5.85. The molecule has 0 amide bonds. The Bertz CT molecular complexity index is 917. The number of rotatable bonds is 3. The molecule has 3 aromatic rings. The SMILES string of the molecule is Clc1ncc(-c2cccnc2)cc1/C=C/c1ccc2c(c1)CCCC2. The number of hydrogen-bond donors (Lipinski definition) is 0. The van der Waals surface area contributed by atoms with E-state index in [2.05, 4.69) is 40.3 Å². The van der Waals surface area contributed by atoms with Gasteiger partial charge in [-0.15, -0.1) is 0 Å². The van der Waals surface area contributed by atoms with E-state index in [0.29, 0.717) is 5.15 Å². The van der Waals surface area contributed by atoms with Gasteiger partial charge < -0.3 is 0 Å². The van der Waals surface area contributed by atoms with Crippen LogP contribution in [0.3, 0.4) is 0 Å². The van der Waals surface area contributed by atoms with Crippen molar-refractivity contribution in [1.82, 2.24) is 9.97 Å². The lowest BCUT2D eigenvalue weighted by Gasteiger charge is -2.15. The largest absolute Gasteiger partial charge is 0.264 e. The van der Waals surface area contributed by atoms with Crippen molar-refractivity contribution in [1.29, 1.82) is 0 Å². The van der Waals surface area contributed by atoms with Crippen LogP contribution in [-0.4, -0.2) is 9.97 Å². The second kappa shape index (κ2) is 7.20. The zero-order valence-corrected chi connectivity index (χ0v) is 14.7. The lowest BCUT2D eigenvalue weighted by molar-refractivity contribution is 0.685. The van der Waals surface area contributed by atoms with Gasteiger partial charge in [0.1, 0.15) is 5.15 Å². The summed E-state index contributed by atoms with van der Waals surface area (Å²) in [6.45, 7) is 0. The van der Waals surface area contributed by atoms with Crippen LogP contribution < -0.4 is 0 Å². The normalized spacial score (nSPS) is 13.8. The molecule has 3 heteroatoms. The molecule has 0 atom stereocenters. The molecule has 0 aliphatic heterocycles. The van der Waals surface area contributed by atoms with Gasteiger partial charge in [0.2, 0.25) is 0 Å². The summed E-state index contributed by atoms with van der Waals surface area (Å²) in [5, 5.41) is 0.516. The molecule has 25 heavy (non-hydrogen) atoms. The van der Waals surface area contributed by atoms with E-state index in [1.807, 2.05) is 24.4 Å². The van der Waals surface area contributed by atoms with Gasteiger partial charge in [-0.1, -0.05) is 48.0 Å². The van der Waals surface area contributed by atoms with Gasteiger partial charge >= 0.3 is 0 Å². The van der Waals surface area contributed by atoms with E-state index in [0.717, 1.165) is 16.7 Å². The molecule has 0 N–H and O–H groups in total. The molecule has 1 aromatic carbocycles. The minimum absolute atomic E-state index is 0.516. The molecule has 124 valence electrons. The van der Waals surface area contributed by atoms with Crippen LogP contribution >= 0.6 is 11.6 Å². The molecule has 0 saturated heterocycles. The molecule has 0 saturated carbocycles. The van der Waals surface area contributed by atoms with Crippen LogP contribution in [0.1, 0.15) is 35.1 Å². The zero-order valence-electron chi connectivity index (χ0n) is 14.0. The average molecular weight is 347 g/mol. The number of benzene rings is 1. The number of nitrogens with zero attached hydrogens (tertiary/aromatic N) is 2. The average Bonchev–Trinajstić information content (AvgIpc) is 2.68. The second-order valence-corrected chi connectivity index (χ2v) is 6.77. The topological polar surface area (TPSA) is 25.8 Å². The van der Waals surface area contributed by atoms with Gasteiger partial charge in [0, 0.05) is 35.3 Å². The minimum atomic E-state index is 0.516. The highest BCUT2D eigenvalue weighted by Crippen LogP contribution is 2.26. The van der Waals surface area contributed by atoms with Gasteiger partial charge in [-0.05, 0) is 54.5 Å². The molecular weight excluding hydrogens is 328 g/mol. The lowest BCUT2D eigenvalue weighted by Crippen LogP contribution is -2.02.